The average Bonchev–Trinajstić information content (AvgIpc) is 2.66. The van der Waals surface area contributed by atoms with Crippen LogP contribution < -0.4 is 5.32 Å². The molecule has 17 heavy (non-hydrogen) atoms. The van der Waals surface area contributed by atoms with Crippen molar-refractivity contribution in [2.45, 2.75) is 46.2 Å². The maximum atomic E-state index is 12.3. The molecule has 1 heterocycles. The second-order valence-electron chi connectivity index (χ2n) is 5.30. The fourth-order valence-electron chi connectivity index (χ4n) is 2.31. The summed E-state index contributed by atoms with van der Waals surface area (Å²) in [7, 11) is 1.69. The first-order chi connectivity index (χ1) is 8.02. The Morgan fingerprint density at radius 3 is 2.59 bits per heavy atom. The first-order valence-electron chi connectivity index (χ1n) is 6.55. The van der Waals surface area contributed by atoms with Crippen LogP contribution in [0.25, 0.3) is 0 Å². The van der Waals surface area contributed by atoms with Gasteiger partial charge in [-0.05, 0) is 11.8 Å². The van der Waals surface area contributed by atoms with Gasteiger partial charge in [0.25, 0.3) is 0 Å². The molecule has 1 saturated heterocycles. The quantitative estimate of drug-likeness (QED) is 0.766. The third-order valence-electron chi connectivity index (χ3n) is 3.75. The van der Waals surface area contributed by atoms with Gasteiger partial charge >= 0.3 is 0 Å². The van der Waals surface area contributed by atoms with Crippen LogP contribution in [0.1, 0.15) is 34.1 Å². The highest BCUT2D eigenvalue weighted by molar-refractivity contribution is 5.84. The number of nitrogens with zero attached hydrogens (tertiary/aromatic N) is 1. The molecule has 0 aromatic rings. The Morgan fingerprint density at radius 2 is 2.12 bits per heavy atom. The molecule has 4 nitrogen and oxygen atoms in total. The number of hydrogen-bond donors (Lipinski definition) is 1. The number of hydrogen-bond acceptors (Lipinski definition) is 3. The summed E-state index contributed by atoms with van der Waals surface area (Å²) in [6, 6.07) is 0.159. The van der Waals surface area contributed by atoms with E-state index in [1.54, 1.807) is 7.11 Å². The number of methoxy groups -OCH3 is 1. The van der Waals surface area contributed by atoms with Crippen molar-refractivity contribution in [2.75, 3.05) is 20.4 Å². The molecular weight excluding hydrogens is 216 g/mol. The van der Waals surface area contributed by atoms with Gasteiger partial charge in [0.05, 0.1) is 25.4 Å². The molecule has 1 N–H and O–H groups in total. The van der Waals surface area contributed by atoms with Crippen LogP contribution in [-0.4, -0.2) is 43.3 Å². The Kier molecular flexibility index (Phi) is 5.40. The molecule has 100 valence electrons. The Morgan fingerprint density at radius 1 is 1.47 bits per heavy atom. The molecule has 0 saturated carbocycles. The number of rotatable bonds is 6. The predicted octanol–water partition coefficient (Wildman–Crippen LogP) is 1.46. The lowest BCUT2D eigenvalue weighted by molar-refractivity contribution is -0.133. The van der Waals surface area contributed by atoms with E-state index in [4.69, 9.17) is 4.74 Å². The molecule has 0 aromatic carbocycles. The van der Waals surface area contributed by atoms with Gasteiger partial charge in [-0.15, -0.1) is 0 Å². The zero-order valence-electron chi connectivity index (χ0n) is 11.7. The SMILES string of the molecule is CCC(C)C1NCN(C(COC)C(C)C)C1=O. The van der Waals surface area contributed by atoms with Gasteiger partial charge in [0, 0.05) is 7.11 Å². The number of carbonyl (C=O) groups excluding carboxylic acids is 1. The van der Waals surface area contributed by atoms with E-state index in [0.717, 1.165) is 6.42 Å². The summed E-state index contributed by atoms with van der Waals surface area (Å²) in [5.41, 5.74) is 0. The summed E-state index contributed by atoms with van der Waals surface area (Å²) in [5, 5.41) is 3.32. The minimum atomic E-state index is -0.0156. The van der Waals surface area contributed by atoms with E-state index < -0.39 is 0 Å². The number of nitrogens with one attached hydrogen (secondary N) is 1. The summed E-state index contributed by atoms with van der Waals surface area (Å²) < 4.78 is 5.23. The van der Waals surface area contributed by atoms with E-state index in [2.05, 4.69) is 33.0 Å². The Bertz CT molecular complexity index is 256. The summed E-state index contributed by atoms with van der Waals surface area (Å²) in [5.74, 6) is 1.04. The van der Waals surface area contributed by atoms with Crippen molar-refractivity contribution < 1.29 is 9.53 Å². The zero-order valence-corrected chi connectivity index (χ0v) is 11.7. The van der Waals surface area contributed by atoms with Crippen LogP contribution in [0.3, 0.4) is 0 Å². The third-order valence-corrected chi connectivity index (χ3v) is 3.75. The van der Waals surface area contributed by atoms with Crippen molar-refractivity contribution in [2.24, 2.45) is 11.8 Å². The lowest BCUT2D eigenvalue weighted by Crippen LogP contribution is -2.45. The number of amides is 1. The number of carbonyl (C=O) groups is 1. The van der Waals surface area contributed by atoms with Crippen LogP contribution in [0.5, 0.6) is 0 Å². The van der Waals surface area contributed by atoms with E-state index >= 15 is 0 Å². The molecule has 1 aliphatic rings. The molecule has 3 atom stereocenters. The van der Waals surface area contributed by atoms with Crippen LogP contribution in [0.2, 0.25) is 0 Å². The highest BCUT2D eigenvalue weighted by Gasteiger charge is 2.38. The largest absolute Gasteiger partial charge is 0.383 e. The van der Waals surface area contributed by atoms with Gasteiger partial charge in [0.2, 0.25) is 5.91 Å². The van der Waals surface area contributed by atoms with Crippen molar-refractivity contribution >= 4 is 5.91 Å². The lowest BCUT2D eigenvalue weighted by atomic mass is 9.98. The summed E-state index contributed by atoms with van der Waals surface area (Å²) in [6.45, 7) is 9.77. The van der Waals surface area contributed by atoms with E-state index in [-0.39, 0.29) is 18.0 Å². The van der Waals surface area contributed by atoms with Gasteiger partial charge in [-0.25, -0.2) is 0 Å². The van der Waals surface area contributed by atoms with E-state index in [9.17, 15) is 4.79 Å². The molecule has 0 bridgehead atoms. The Hall–Kier alpha value is -0.610. The first kappa shape index (κ1) is 14.5. The average molecular weight is 242 g/mol. The van der Waals surface area contributed by atoms with Gasteiger partial charge in [-0.2, -0.15) is 0 Å². The topological polar surface area (TPSA) is 41.6 Å². The van der Waals surface area contributed by atoms with Crippen molar-refractivity contribution in [1.82, 2.24) is 10.2 Å². The maximum Gasteiger partial charge on any atom is 0.241 e. The summed E-state index contributed by atoms with van der Waals surface area (Å²) >= 11 is 0. The van der Waals surface area contributed by atoms with Crippen LogP contribution in [-0.2, 0) is 9.53 Å². The van der Waals surface area contributed by atoms with E-state index in [1.165, 1.54) is 0 Å². The first-order valence-corrected chi connectivity index (χ1v) is 6.55. The fraction of sp³-hybridized carbons (Fsp3) is 0.923. The van der Waals surface area contributed by atoms with Gasteiger partial charge in [-0.3, -0.25) is 10.1 Å². The number of ether oxygens (including phenoxy) is 1. The van der Waals surface area contributed by atoms with Crippen LogP contribution in [0.4, 0.5) is 0 Å². The highest BCUT2D eigenvalue weighted by Crippen LogP contribution is 2.20. The predicted molar refractivity (Wildman–Crippen MR) is 68.6 cm³/mol. The molecule has 4 heteroatoms. The van der Waals surface area contributed by atoms with Gasteiger partial charge < -0.3 is 9.64 Å². The maximum absolute atomic E-state index is 12.3. The normalized spacial score (nSPS) is 24.5. The Labute approximate surface area is 105 Å². The Balaban J connectivity index is 2.70. The van der Waals surface area contributed by atoms with Crippen molar-refractivity contribution in [3.63, 3.8) is 0 Å². The van der Waals surface area contributed by atoms with E-state index in [0.29, 0.717) is 25.1 Å². The molecular formula is C13H26N2O2. The highest BCUT2D eigenvalue weighted by atomic mass is 16.5. The van der Waals surface area contributed by atoms with Crippen LogP contribution in [0, 0.1) is 11.8 Å². The molecule has 0 radical (unpaired) electrons. The van der Waals surface area contributed by atoms with Gasteiger partial charge in [0.1, 0.15) is 0 Å². The smallest absolute Gasteiger partial charge is 0.241 e. The minimum absolute atomic E-state index is 0.0156. The van der Waals surface area contributed by atoms with Crippen molar-refractivity contribution in [3.05, 3.63) is 0 Å². The van der Waals surface area contributed by atoms with Gasteiger partial charge in [-0.1, -0.05) is 34.1 Å². The standard InChI is InChI=1S/C13H26N2O2/c1-6-10(4)12-13(16)15(8-14-12)11(7-17-5)9(2)3/h9-12,14H,6-8H2,1-5H3. The third kappa shape index (κ3) is 3.19. The van der Waals surface area contributed by atoms with E-state index in [1.807, 2.05) is 4.90 Å². The minimum Gasteiger partial charge on any atom is -0.383 e. The lowest BCUT2D eigenvalue weighted by Gasteiger charge is -2.30. The summed E-state index contributed by atoms with van der Waals surface area (Å²) in [6.07, 6.45) is 1.02. The van der Waals surface area contributed by atoms with Crippen molar-refractivity contribution in [1.29, 1.82) is 0 Å². The summed E-state index contributed by atoms with van der Waals surface area (Å²) in [4.78, 5) is 14.3. The second kappa shape index (κ2) is 6.36. The zero-order chi connectivity index (χ0) is 13.0. The molecule has 0 spiro atoms. The fourth-order valence-corrected chi connectivity index (χ4v) is 2.31. The second-order valence-corrected chi connectivity index (χ2v) is 5.30. The molecule has 3 unspecified atom stereocenters. The molecule has 1 aliphatic heterocycles. The van der Waals surface area contributed by atoms with Crippen LogP contribution >= 0.6 is 0 Å². The van der Waals surface area contributed by atoms with Crippen LogP contribution in [0.15, 0.2) is 0 Å². The van der Waals surface area contributed by atoms with Crippen molar-refractivity contribution in [3.8, 4) is 0 Å². The molecule has 1 rings (SSSR count). The molecule has 1 fully saturated rings. The monoisotopic (exact) mass is 242 g/mol. The molecule has 1 amide bonds. The molecule has 0 aromatic heterocycles. The van der Waals surface area contributed by atoms with Gasteiger partial charge in [0.15, 0.2) is 0 Å². The molecule has 0 aliphatic carbocycles.